The van der Waals surface area contributed by atoms with E-state index >= 15 is 0 Å². The maximum Gasteiger partial charge on any atom is 0.412 e. The first kappa shape index (κ1) is 17.9. The van der Waals surface area contributed by atoms with Crippen molar-refractivity contribution in [2.24, 2.45) is 0 Å². The predicted molar refractivity (Wildman–Crippen MR) is 80.8 cm³/mol. The third-order valence-electron chi connectivity index (χ3n) is 3.44. The summed E-state index contributed by atoms with van der Waals surface area (Å²) in [5.41, 5.74) is 0.554. The van der Waals surface area contributed by atoms with Gasteiger partial charge in [0.1, 0.15) is 5.60 Å². The Balaban J connectivity index is 0.00000200. The summed E-state index contributed by atoms with van der Waals surface area (Å²) < 4.78 is 5.49. The molecule has 0 aromatic heterocycles. The van der Waals surface area contributed by atoms with Gasteiger partial charge in [0.05, 0.1) is 0 Å². The summed E-state index contributed by atoms with van der Waals surface area (Å²) in [6, 6.07) is 10.1. The first-order chi connectivity index (χ1) is 8.71. The zero-order valence-electron chi connectivity index (χ0n) is 13.0. The van der Waals surface area contributed by atoms with Crippen LogP contribution < -0.4 is 10.1 Å². The number of amides is 1. The Bertz CT molecular complexity index is 497. The monoisotopic (exact) mass is 365 g/mol. The molecule has 0 aliphatic carbocycles. The molecule has 1 heterocycles. The second-order valence-electron chi connectivity index (χ2n) is 6.71. The molecule has 0 unspecified atom stereocenters. The van der Waals surface area contributed by atoms with Crippen LogP contribution in [0.4, 0.5) is 10.5 Å². The summed E-state index contributed by atoms with van der Waals surface area (Å²) >= 11 is 0. The minimum atomic E-state index is -1.44. The zero-order chi connectivity index (χ0) is 14.3. The molecule has 107 valence electrons. The molecular weight excluding hydrogens is 343 g/mol. The Kier molecular flexibility index (Phi) is 5.61. The van der Waals surface area contributed by atoms with Gasteiger partial charge in [-0.3, -0.25) is 0 Å². The molecule has 1 radical (unpaired) electrons. The number of carbonyl (C=O) groups excluding carboxylic acids is 1. The SMILES string of the molecule is CC(C)(C)OC(=O)N1CC[Si](C)(C)c2c[c-]ccc21.[Y]. The second-order valence-corrected chi connectivity index (χ2v) is 11.5. The fourth-order valence-corrected chi connectivity index (χ4v) is 4.79. The normalized spacial score (nSPS) is 16.9. The summed E-state index contributed by atoms with van der Waals surface area (Å²) in [6.45, 7) is 11.1. The van der Waals surface area contributed by atoms with Crippen molar-refractivity contribution in [3.05, 3.63) is 24.3 Å². The van der Waals surface area contributed by atoms with Gasteiger partial charge in [-0.05, 0) is 26.8 Å². The zero-order valence-corrected chi connectivity index (χ0v) is 16.8. The molecule has 2 rings (SSSR count). The van der Waals surface area contributed by atoms with E-state index in [1.165, 1.54) is 5.19 Å². The van der Waals surface area contributed by atoms with Crippen molar-refractivity contribution in [2.75, 3.05) is 11.4 Å². The standard InChI is InChI=1S/C15H22NO2Si.Y/c1-15(2,3)18-14(17)16-10-11-19(4,5)13-9-7-6-8-12(13)16;/h6,8-9H,10-11H2,1-5H3;/q-1;. The fourth-order valence-electron chi connectivity index (χ4n) is 2.35. The molecule has 5 heteroatoms. The molecule has 0 saturated carbocycles. The number of anilines is 1. The van der Waals surface area contributed by atoms with Gasteiger partial charge in [0.25, 0.3) is 0 Å². The maximum atomic E-state index is 12.3. The first-order valence-corrected chi connectivity index (χ1v) is 9.92. The van der Waals surface area contributed by atoms with Crippen LogP contribution in [0, 0.1) is 6.07 Å². The Morgan fingerprint density at radius 2 is 2.05 bits per heavy atom. The largest absolute Gasteiger partial charge is 0.443 e. The van der Waals surface area contributed by atoms with E-state index in [9.17, 15) is 4.79 Å². The average Bonchev–Trinajstić information content (AvgIpc) is 2.26. The van der Waals surface area contributed by atoms with Gasteiger partial charge in [-0.25, -0.2) is 4.79 Å². The Morgan fingerprint density at radius 3 is 2.65 bits per heavy atom. The van der Waals surface area contributed by atoms with Crippen molar-refractivity contribution in [3.63, 3.8) is 0 Å². The van der Waals surface area contributed by atoms with E-state index in [1.54, 1.807) is 4.90 Å². The van der Waals surface area contributed by atoms with E-state index in [0.29, 0.717) is 0 Å². The van der Waals surface area contributed by atoms with Crippen LogP contribution in [0.1, 0.15) is 20.8 Å². The second kappa shape index (κ2) is 6.29. The molecule has 3 nitrogen and oxygen atoms in total. The summed E-state index contributed by atoms with van der Waals surface area (Å²) in [6.07, 6.45) is -0.246. The number of fused-ring (bicyclic) bond motifs is 1. The molecule has 0 atom stereocenters. The summed E-state index contributed by atoms with van der Waals surface area (Å²) in [5.74, 6) is 0. The minimum Gasteiger partial charge on any atom is -0.443 e. The molecule has 20 heavy (non-hydrogen) atoms. The number of nitrogens with zero attached hydrogens (tertiary/aromatic N) is 1. The van der Waals surface area contributed by atoms with Gasteiger partial charge in [-0.15, -0.1) is 11.3 Å². The number of hydrogen-bond donors (Lipinski definition) is 0. The van der Waals surface area contributed by atoms with Crippen molar-refractivity contribution in [2.45, 2.75) is 45.5 Å². The minimum absolute atomic E-state index is 0. The molecule has 0 fully saturated rings. The molecule has 0 spiro atoms. The smallest absolute Gasteiger partial charge is 0.412 e. The summed E-state index contributed by atoms with van der Waals surface area (Å²) in [7, 11) is -1.44. The predicted octanol–water partition coefficient (Wildman–Crippen LogP) is 3.15. The van der Waals surface area contributed by atoms with Crippen LogP contribution in [0.5, 0.6) is 0 Å². The average molecular weight is 365 g/mol. The van der Waals surface area contributed by atoms with E-state index < -0.39 is 13.7 Å². The number of carbonyl (C=O) groups is 1. The summed E-state index contributed by atoms with van der Waals surface area (Å²) in [4.78, 5) is 14.1. The van der Waals surface area contributed by atoms with Crippen molar-refractivity contribution >= 4 is 25.0 Å². The van der Waals surface area contributed by atoms with E-state index in [0.717, 1.165) is 18.3 Å². The topological polar surface area (TPSA) is 29.5 Å². The summed E-state index contributed by atoms with van der Waals surface area (Å²) in [5, 5.41) is 1.30. The molecule has 1 aromatic rings. The number of benzene rings is 1. The molecule has 1 aromatic carbocycles. The maximum absolute atomic E-state index is 12.3. The molecule has 1 aliphatic rings. The van der Waals surface area contributed by atoms with Gasteiger partial charge >= 0.3 is 6.09 Å². The number of rotatable bonds is 0. The molecule has 0 saturated heterocycles. The van der Waals surface area contributed by atoms with E-state index in [4.69, 9.17) is 4.74 Å². The van der Waals surface area contributed by atoms with Crippen LogP contribution in [0.2, 0.25) is 19.1 Å². The molecular formula is C15H22NO2SiY-. The third-order valence-corrected chi connectivity index (χ3v) is 6.77. The van der Waals surface area contributed by atoms with Gasteiger partial charge in [-0.2, -0.15) is 18.2 Å². The van der Waals surface area contributed by atoms with Crippen LogP contribution in [0.15, 0.2) is 18.2 Å². The van der Waals surface area contributed by atoms with Crippen molar-refractivity contribution < 1.29 is 42.2 Å². The van der Waals surface area contributed by atoms with Crippen LogP contribution in [0.25, 0.3) is 0 Å². The van der Waals surface area contributed by atoms with Crippen LogP contribution in [-0.2, 0) is 37.4 Å². The van der Waals surface area contributed by atoms with Gasteiger partial charge in [0, 0.05) is 47.3 Å². The Morgan fingerprint density at radius 1 is 1.40 bits per heavy atom. The Labute approximate surface area is 148 Å². The van der Waals surface area contributed by atoms with Crippen LogP contribution in [0.3, 0.4) is 0 Å². The quantitative estimate of drug-likeness (QED) is 0.522. The van der Waals surface area contributed by atoms with Crippen molar-refractivity contribution in [3.8, 4) is 0 Å². The molecule has 1 aliphatic heterocycles. The van der Waals surface area contributed by atoms with Crippen molar-refractivity contribution in [1.82, 2.24) is 0 Å². The van der Waals surface area contributed by atoms with Gasteiger partial charge in [0.2, 0.25) is 0 Å². The van der Waals surface area contributed by atoms with Crippen molar-refractivity contribution in [1.29, 1.82) is 0 Å². The molecule has 0 bridgehead atoms. The third kappa shape index (κ3) is 3.92. The molecule has 0 N–H and O–H groups in total. The first-order valence-electron chi connectivity index (χ1n) is 6.72. The van der Waals surface area contributed by atoms with Crippen LogP contribution in [-0.4, -0.2) is 26.3 Å². The fraction of sp³-hybridized carbons (Fsp3) is 0.533. The Hall–Kier alpha value is -0.189. The van der Waals surface area contributed by atoms with Crippen LogP contribution >= 0.6 is 0 Å². The van der Waals surface area contributed by atoms with Gasteiger partial charge in [-0.1, -0.05) is 18.8 Å². The van der Waals surface area contributed by atoms with Gasteiger partial charge in [0.15, 0.2) is 0 Å². The number of hydrogen-bond acceptors (Lipinski definition) is 2. The molecule has 1 amide bonds. The van der Waals surface area contributed by atoms with Gasteiger partial charge < -0.3 is 9.64 Å². The van der Waals surface area contributed by atoms with E-state index in [-0.39, 0.29) is 38.8 Å². The van der Waals surface area contributed by atoms with E-state index in [2.05, 4.69) is 19.2 Å². The number of ether oxygens (including phenoxy) is 1. The van der Waals surface area contributed by atoms with E-state index in [1.807, 2.05) is 39.0 Å².